The molecule has 0 atom stereocenters. The quantitative estimate of drug-likeness (QED) is 0.615. The Balaban J connectivity index is 2.15. The highest BCUT2D eigenvalue weighted by molar-refractivity contribution is 6.32. The maximum Gasteiger partial charge on any atom is 0.155 e. The molecule has 0 radical (unpaired) electrons. The van der Waals surface area contributed by atoms with Crippen LogP contribution in [0.5, 0.6) is 5.75 Å². The van der Waals surface area contributed by atoms with Gasteiger partial charge in [-0.05, 0) is 23.8 Å². The minimum absolute atomic E-state index is 0.173. The Hall–Kier alpha value is -1.94. The van der Waals surface area contributed by atoms with E-state index in [9.17, 15) is 4.79 Å². The lowest BCUT2D eigenvalue weighted by molar-refractivity contribution is 0.112. The van der Waals surface area contributed by atoms with Gasteiger partial charge >= 0.3 is 0 Å². The Kier molecular flexibility index (Phi) is 2.72. The summed E-state index contributed by atoms with van der Waals surface area (Å²) in [6.45, 7) is 0.698. The second-order valence-corrected chi connectivity index (χ2v) is 4.32. The summed E-state index contributed by atoms with van der Waals surface area (Å²) in [5.41, 5.74) is 2.85. The van der Waals surface area contributed by atoms with Crippen molar-refractivity contribution < 1.29 is 9.53 Å². The standard InChI is InChI=1S/C13H9ClN2O2/c14-13-10(6-17)12(15-7-16-13)9-1-2-11-8(5-9)3-4-18-11/h1-2,5-7H,3-4H2. The van der Waals surface area contributed by atoms with Crippen LogP contribution in [0.15, 0.2) is 24.5 Å². The fourth-order valence-corrected chi connectivity index (χ4v) is 2.22. The third-order valence-corrected chi connectivity index (χ3v) is 3.22. The molecule has 0 saturated heterocycles. The zero-order valence-corrected chi connectivity index (χ0v) is 10.1. The van der Waals surface area contributed by atoms with Gasteiger partial charge in [0.1, 0.15) is 17.2 Å². The zero-order chi connectivity index (χ0) is 12.5. The number of aldehydes is 1. The van der Waals surface area contributed by atoms with Crippen molar-refractivity contribution in [3.63, 3.8) is 0 Å². The van der Waals surface area contributed by atoms with Gasteiger partial charge in [-0.1, -0.05) is 11.6 Å². The fraction of sp³-hybridized carbons (Fsp3) is 0.154. The van der Waals surface area contributed by atoms with Crippen LogP contribution >= 0.6 is 11.6 Å². The van der Waals surface area contributed by atoms with Crippen LogP contribution in [0.1, 0.15) is 15.9 Å². The van der Waals surface area contributed by atoms with Crippen molar-refractivity contribution in [3.05, 3.63) is 40.8 Å². The van der Waals surface area contributed by atoms with Gasteiger partial charge in [-0.25, -0.2) is 9.97 Å². The second kappa shape index (κ2) is 4.38. The van der Waals surface area contributed by atoms with Crippen molar-refractivity contribution in [2.45, 2.75) is 6.42 Å². The van der Waals surface area contributed by atoms with Crippen LogP contribution in [0.4, 0.5) is 0 Å². The normalized spacial score (nSPS) is 12.9. The molecule has 0 saturated carbocycles. The molecular formula is C13H9ClN2O2. The number of ether oxygens (including phenoxy) is 1. The first kappa shape index (κ1) is 11.2. The van der Waals surface area contributed by atoms with E-state index in [1.54, 1.807) is 0 Å². The van der Waals surface area contributed by atoms with Crippen LogP contribution in [0.3, 0.4) is 0 Å². The number of hydrogen-bond donors (Lipinski definition) is 0. The summed E-state index contributed by atoms with van der Waals surface area (Å²) in [4.78, 5) is 19.0. The molecule has 0 aliphatic carbocycles. The fourth-order valence-electron chi connectivity index (χ4n) is 2.04. The summed E-state index contributed by atoms with van der Waals surface area (Å²) in [7, 11) is 0. The predicted octanol–water partition coefficient (Wildman–Crippen LogP) is 2.54. The molecule has 1 aromatic heterocycles. The van der Waals surface area contributed by atoms with E-state index in [-0.39, 0.29) is 5.15 Å². The van der Waals surface area contributed by atoms with Crippen molar-refractivity contribution in [2.75, 3.05) is 6.61 Å². The van der Waals surface area contributed by atoms with E-state index in [1.807, 2.05) is 18.2 Å². The molecule has 0 amide bonds. The van der Waals surface area contributed by atoms with Crippen molar-refractivity contribution in [1.82, 2.24) is 9.97 Å². The Labute approximate surface area is 109 Å². The number of benzene rings is 1. The van der Waals surface area contributed by atoms with Gasteiger partial charge in [0.25, 0.3) is 0 Å². The second-order valence-electron chi connectivity index (χ2n) is 3.97. The third kappa shape index (κ3) is 1.75. The lowest BCUT2D eigenvalue weighted by atomic mass is 10.0. The van der Waals surface area contributed by atoms with Crippen LogP contribution in [0.2, 0.25) is 5.15 Å². The van der Waals surface area contributed by atoms with Gasteiger partial charge in [0.05, 0.1) is 17.9 Å². The molecule has 2 aromatic rings. The highest BCUT2D eigenvalue weighted by Crippen LogP contribution is 2.31. The topological polar surface area (TPSA) is 52.1 Å². The van der Waals surface area contributed by atoms with E-state index in [0.29, 0.717) is 24.2 Å². The molecule has 2 heterocycles. The first-order valence-electron chi connectivity index (χ1n) is 5.51. The molecule has 0 N–H and O–H groups in total. The minimum atomic E-state index is 0.173. The van der Waals surface area contributed by atoms with Gasteiger partial charge in [-0.15, -0.1) is 0 Å². The lowest BCUT2D eigenvalue weighted by Gasteiger charge is -2.06. The molecule has 3 rings (SSSR count). The van der Waals surface area contributed by atoms with Gasteiger partial charge in [-0.3, -0.25) is 4.79 Å². The number of fused-ring (bicyclic) bond motifs is 1. The molecule has 0 bridgehead atoms. The number of rotatable bonds is 2. The monoisotopic (exact) mass is 260 g/mol. The van der Waals surface area contributed by atoms with Crippen LogP contribution in [-0.2, 0) is 6.42 Å². The van der Waals surface area contributed by atoms with E-state index in [0.717, 1.165) is 23.3 Å². The van der Waals surface area contributed by atoms with Gasteiger partial charge in [-0.2, -0.15) is 0 Å². The van der Waals surface area contributed by atoms with Crippen LogP contribution < -0.4 is 4.74 Å². The van der Waals surface area contributed by atoms with E-state index >= 15 is 0 Å². The summed E-state index contributed by atoms with van der Waals surface area (Å²) in [5.74, 6) is 0.895. The minimum Gasteiger partial charge on any atom is -0.493 e. The van der Waals surface area contributed by atoms with Crippen LogP contribution in [0, 0.1) is 0 Å². The summed E-state index contributed by atoms with van der Waals surface area (Å²) in [6, 6.07) is 5.74. The SMILES string of the molecule is O=Cc1c(Cl)ncnc1-c1ccc2c(c1)CCO2. The molecule has 1 aliphatic heterocycles. The molecule has 1 aromatic carbocycles. The summed E-state index contributed by atoms with van der Waals surface area (Å²) in [5, 5.41) is 0.173. The molecule has 90 valence electrons. The van der Waals surface area contributed by atoms with E-state index < -0.39 is 0 Å². The molecule has 0 unspecified atom stereocenters. The Bertz CT molecular complexity index is 628. The van der Waals surface area contributed by atoms with E-state index in [1.165, 1.54) is 6.33 Å². The summed E-state index contributed by atoms with van der Waals surface area (Å²) in [6.07, 6.45) is 2.91. The lowest BCUT2D eigenvalue weighted by Crippen LogP contribution is -1.95. The number of halogens is 1. The molecule has 4 nitrogen and oxygen atoms in total. The van der Waals surface area contributed by atoms with Gasteiger partial charge in [0.2, 0.25) is 0 Å². The van der Waals surface area contributed by atoms with E-state index in [4.69, 9.17) is 16.3 Å². The number of hydrogen-bond acceptors (Lipinski definition) is 4. The van der Waals surface area contributed by atoms with E-state index in [2.05, 4.69) is 9.97 Å². The van der Waals surface area contributed by atoms with Crippen molar-refractivity contribution in [1.29, 1.82) is 0 Å². The molecule has 18 heavy (non-hydrogen) atoms. The van der Waals surface area contributed by atoms with Gasteiger partial charge in [0.15, 0.2) is 6.29 Å². The average Bonchev–Trinajstić information content (AvgIpc) is 2.85. The molecular weight excluding hydrogens is 252 g/mol. The summed E-state index contributed by atoms with van der Waals surface area (Å²) >= 11 is 5.89. The zero-order valence-electron chi connectivity index (χ0n) is 9.39. The highest BCUT2D eigenvalue weighted by atomic mass is 35.5. The Morgan fingerprint density at radius 1 is 1.33 bits per heavy atom. The maximum absolute atomic E-state index is 11.1. The summed E-state index contributed by atoms with van der Waals surface area (Å²) < 4.78 is 5.44. The smallest absolute Gasteiger partial charge is 0.155 e. The third-order valence-electron chi connectivity index (χ3n) is 2.92. The Morgan fingerprint density at radius 2 is 2.22 bits per heavy atom. The number of nitrogens with zero attached hydrogens (tertiary/aromatic N) is 2. The number of aromatic nitrogens is 2. The van der Waals surface area contributed by atoms with Crippen molar-refractivity contribution in [3.8, 4) is 17.0 Å². The molecule has 1 aliphatic rings. The van der Waals surface area contributed by atoms with Crippen LogP contribution in [0.25, 0.3) is 11.3 Å². The molecule has 0 fully saturated rings. The Morgan fingerprint density at radius 3 is 3.06 bits per heavy atom. The van der Waals surface area contributed by atoms with Crippen LogP contribution in [-0.4, -0.2) is 22.9 Å². The highest BCUT2D eigenvalue weighted by Gasteiger charge is 2.16. The largest absolute Gasteiger partial charge is 0.493 e. The van der Waals surface area contributed by atoms with Crippen molar-refractivity contribution in [2.24, 2.45) is 0 Å². The molecule has 5 heteroatoms. The first-order chi connectivity index (χ1) is 8.79. The maximum atomic E-state index is 11.1. The first-order valence-corrected chi connectivity index (χ1v) is 5.89. The van der Waals surface area contributed by atoms with Gasteiger partial charge in [0, 0.05) is 12.0 Å². The number of carbonyl (C=O) groups is 1. The van der Waals surface area contributed by atoms with Gasteiger partial charge < -0.3 is 4.74 Å². The predicted molar refractivity (Wildman–Crippen MR) is 67.1 cm³/mol. The van der Waals surface area contributed by atoms with Crippen molar-refractivity contribution >= 4 is 17.9 Å². The molecule has 0 spiro atoms. The number of carbonyl (C=O) groups excluding carboxylic acids is 1. The average molecular weight is 261 g/mol.